The van der Waals surface area contributed by atoms with Crippen LogP contribution in [0.3, 0.4) is 0 Å². The smallest absolute Gasteiger partial charge is 0.187 e. The van der Waals surface area contributed by atoms with E-state index in [4.69, 9.17) is 18.7 Å². The van der Waals surface area contributed by atoms with Gasteiger partial charge in [-0.2, -0.15) is 5.10 Å². The topological polar surface area (TPSA) is 106 Å². The number of ether oxygens (including phenoxy) is 3. The number of aromatic amines is 1. The largest absolute Gasteiger partial charge is 0.495 e. The lowest BCUT2D eigenvalue weighted by Crippen LogP contribution is -2.24. The van der Waals surface area contributed by atoms with Gasteiger partial charge in [0.25, 0.3) is 0 Å². The van der Waals surface area contributed by atoms with Gasteiger partial charge in [0, 0.05) is 12.1 Å². The van der Waals surface area contributed by atoms with Crippen LogP contribution in [0.5, 0.6) is 17.2 Å². The normalized spacial score (nSPS) is 13.6. The van der Waals surface area contributed by atoms with Crippen LogP contribution >= 0.6 is 11.9 Å². The summed E-state index contributed by atoms with van der Waals surface area (Å²) in [6, 6.07) is 11.3. The van der Waals surface area contributed by atoms with Crippen molar-refractivity contribution in [1.29, 1.82) is 0 Å². The maximum absolute atomic E-state index is 6.16. The molecule has 32 heavy (non-hydrogen) atoms. The van der Waals surface area contributed by atoms with E-state index in [1.165, 1.54) is 18.4 Å². The Balaban J connectivity index is 1.40. The summed E-state index contributed by atoms with van der Waals surface area (Å²) in [6.07, 6.45) is 5.30. The maximum atomic E-state index is 6.16. The predicted octanol–water partition coefficient (Wildman–Crippen LogP) is 5.36. The number of rotatable bonds is 9. The second kappa shape index (κ2) is 8.91. The van der Waals surface area contributed by atoms with Crippen LogP contribution in [0.2, 0.25) is 0 Å². The molecular weight excluding hydrogens is 430 g/mol. The van der Waals surface area contributed by atoms with E-state index in [1.807, 2.05) is 36.4 Å². The van der Waals surface area contributed by atoms with Crippen LogP contribution in [0.4, 0.5) is 17.3 Å². The number of anilines is 3. The molecule has 5 rings (SSSR count). The SMILES string of the molecule is COc1cc2c(NSc3c(OC)cccc3OC3CCC3)noc2cc1Nc1ccn[nH]1. The van der Waals surface area contributed by atoms with Gasteiger partial charge in [0.2, 0.25) is 0 Å². The van der Waals surface area contributed by atoms with Crippen molar-refractivity contribution in [1.82, 2.24) is 15.4 Å². The van der Waals surface area contributed by atoms with Gasteiger partial charge >= 0.3 is 0 Å². The van der Waals surface area contributed by atoms with Crippen molar-refractivity contribution >= 4 is 40.2 Å². The van der Waals surface area contributed by atoms with Crippen LogP contribution in [0.1, 0.15) is 19.3 Å². The number of hydrogen-bond donors (Lipinski definition) is 3. The summed E-state index contributed by atoms with van der Waals surface area (Å²) in [6.45, 7) is 0. The molecule has 0 amide bonds. The van der Waals surface area contributed by atoms with E-state index in [0.717, 1.165) is 46.1 Å². The molecule has 0 bridgehead atoms. The summed E-state index contributed by atoms with van der Waals surface area (Å²) < 4.78 is 26.1. The standard InChI is InChI=1S/C22H23N5O4S/c1-28-16-7-4-8-17(30-13-5-3-6-13)21(16)32-27-22-14-11-19(29-2)15(12-18(14)31-26-22)24-20-9-10-23-25-20/h4,7-13H,3,5-6H2,1-2H3,(H,26,27)(H2,23,24,25). The first-order valence-corrected chi connectivity index (χ1v) is 11.1. The number of nitrogens with zero attached hydrogens (tertiary/aromatic N) is 2. The molecule has 9 nitrogen and oxygen atoms in total. The maximum Gasteiger partial charge on any atom is 0.187 e. The average Bonchev–Trinajstić information content (AvgIpc) is 3.44. The van der Waals surface area contributed by atoms with Crippen molar-refractivity contribution < 1.29 is 18.7 Å². The molecule has 0 atom stereocenters. The third kappa shape index (κ3) is 4.01. The molecule has 1 aliphatic rings. The quantitative estimate of drug-likeness (QED) is 0.289. The Kier molecular flexibility index (Phi) is 5.68. The predicted molar refractivity (Wildman–Crippen MR) is 123 cm³/mol. The molecule has 4 aromatic rings. The Labute approximate surface area is 188 Å². The highest BCUT2D eigenvalue weighted by Crippen LogP contribution is 2.42. The average molecular weight is 454 g/mol. The van der Waals surface area contributed by atoms with Gasteiger partial charge in [0.15, 0.2) is 11.4 Å². The first-order valence-electron chi connectivity index (χ1n) is 10.3. The molecule has 2 heterocycles. The van der Waals surface area contributed by atoms with Gasteiger partial charge in [-0.25, -0.2) is 0 Å². The summed E-state index contributed by atoms with van der Waals surface area (Å²) >= 11 is 1.38. The van der Waals surface area contributed by atoms with Crippen molar-refractivity contribution in [3.63, 3.8) is 0 Å². The fourth-order valence-electron chi connectivity index (χ4n) is 3.39. The molecule has 0 saturated heterocycles. The summed E-state index contributed by atoms with van der Waals surface area (Å²) in [5.41, 5.74) is 1.35. The third-order valence-electron chi connectivity index (χ3n) is 5.32. The van der Waals surface area contributed by atoms with Gasteiger partial charge < -0.3 is 28.8 Å². The number of fused-ring (bicyclic) bond motifs is 1. The van der Waals surface area contributed by atoms with Crippen molar-refractivity contribution in [2.75, 3.05) is 24.3 Å². The number of aromatic nitrogens is 3. The van der Waals surface area contributed by atoms with Crippen LogP contribution < -0.4 is 24.2 Å². The number of methoxy groups -OCH3 is 2. The van der Waals surface area contributed by atoms with Crippen LogP contribution in [-0.2, 0) is 0 Å². The minimum absolute atomic E-state index is 0.263. The van der Waals surface area contributed by atoms with Crippen LogP contribution in [-0.4, -0.2) is 35.7 Å². The fraction of sp³-hybridized carbons (Fsp3) is 0.273. The van der Waals surface area contributed by atoms with Gasteiger partial charge in [-0.05, 0) is 49.4 Å². The van der Waals surface area contributed by atoms with E-state index in [-0.39, 0.29) is 6.10 Å². The van der Waals surface area contributed by atoms with Gasteiger partial charge in [-0.15, -0.1) is 0 Å². The highest BCUT2D eigenvalue weighted by Gasteiger charge is 2.22. The lowest BCUT2D eigenvalue weighted by Gasteiger charge is -2.27. The third-order valence-corrected chi connectivity index (χ3v) is 6.22. The highest BCUT2D eigenvalue weighted by molar-refractivity contribution is 8.00. The molecular formula is C22H23N5O4S. The molecule has 2 aromatic carbocycles. The van der Waals surface area contributed by atoms with Crippen molar-refractivity contribution in [2.45, 2.75) is 30.3 Å². The van der Waals surface area contributed by atoms with Gasteiger partial charge in [0.05, 0.1) is 37.6 Å². The Bertz CT molecular complexity index is 1210. The zero-order chi connectivity index (χ0) is 21.9. The highest BCUT2D eigenvalue weighted by atomic mass is 32.2. The minimum atomic E-state index is 0.263. The zero-order valence-electron chi connectivity index (χ0n) is 17.7. The second-order valence-corrected chi connectivity index (χ2v) is 8.15. The first kappa shape index (κ1) is 20.4. The first-order chi connectivity index (χ1) is 15.7. The molecule has 1 aliphatic carbocycles. The molecule has 3 N–H and O–H groups in total. The monoisotopic (exact) mass is 453 g/mol. The van der Waals surface area contributed by atoms with Gasteiger partial charge in [0.1, 0.15) is 28.0 Å². The molecule has 0 unspecified atom stereocenters. The summed E-state index contributed by atoms with van der Waals surface area (Å²) in [7, 11) is 3.27. The van der Waals surface area contributed by atoms with Crippen molar-refractivity contribution in [2.24, 2.45) is 0 Å². The summed E-state index contributed by atoms with van der Waals surface area (Å²) in [5.74, 6) is 3.50. The number of benzene rings is 2. The van der Waals surface area contributed by atoms with E-state index in [2.05, 4.69) is 25.4 Å². The van der Waals surface area contributed by atoms with Crippen molar-refractivity contribution in [3.05, 3.63) is 42.6 Å². The number of H-pyrrole nitrogens is 1. The van der Waals surface area contributed by atoms with E-state index < -0.39 is 0 Å². The summed E-state index contributed by atoms with van der Waals surface area (Å²) in [4.78, 5) is 0.863. The molecule has 0 spiro atoms. The van der Waals surface area contributed by atoms with Crippen molar-refractivity contribution in [3.8, 4) is 17.2 Å². The summed E-state index contributed by atoms with van der Waals surface area (Å²) in [5, 5.41) is 15.0. The fourth-order valence-corrected chi connectivity index (χ4v) is 4.21. The van der Waals surface area contributed by atoms with E-state index >= 15 is 0 Å². The minimum Gasteiger partial charge on any atom is -0.495 e. The van der Waals surface area contributed by atoms with Crippen LogP contribution in [0, 0.1) is 0 Å². The lowest BCUT2D eigenvalue weighted by atomic mass is 9.96. The van der Waals surface area contributed by atoms with Crippen LogP contribution in [0.15, 0.2) is 52.0 Å². The molecule has 1 saturated carbocycles. The van der Waals surface area contributed by atoms with Gasteiger partial charge in [-0.1, -0.05) is 11.2 Å². The molecule has 1 fully saturated rings. The Morgan fingerprint density at radius 2 is 1.94 bits per heavy atom. The number of hydrogen-bond acceptors (Lipinski definition) is 9. The molecule has 0 aliphatic heterocycles. The molecule has 10 heteroatoms. The lowest BCUT2D eigenvalue weighted by molar-refractivity contribution is 0.116. The zero-order valence-corrected chi connectivity index (χ0v) is 18.5. The van der Waals surface area contributed by atoms with E-state index in [1.54, 1.807) is 20.4 Å². The Morgan fingerprint density at radius 3 is 2.66 bits per heavy atom. The van der Waals surface area contributed by atoms with E-state index in [0.29, 0.717) is 17.2 Å². The Hall–Kier alpha value is -3.53. The van der Waals surface area contributed by atoms with E-state index in [9.17, 15) is 0 Å². The van der Waals surface area contributed by atoms with Crippen LogP contribution in [0.25, 0.3) is 11.0 Å². The second-order valence-electron chi connectivity index (χ2n) is 7.34. The Morgan fingerprint density at radius 1 is 1.09 bits per heavy atom. The molecule has 166 valence electrons. The molecule has 2 aromatic heterocycles. The molecule has 0 radical (unpaired) electrons. The number of nitrogens with one attached hydrogen (secondary N) is 3. The van der Waals surface area contributed by atoms with Gasteiger partial charge in [-0.3, -0.25) is 5.10 Å².